The van der Waals surface area contributed by atoms with E-state index >= 15 is 0 Å². The molecule has 1 aromatic carbocycles. The molecule has 0 unspecified atom stereocenters. The monoisotopic (exact) mass is 192 g/mol. The van der Waals surface area contributed by atoms with Crippen LogP contribution in [0.2, 0.25) is 0 Å². The summed E-state index contributed by atoms with van der Waals surface area (Å²) in [5, 5.41) is 0. The van der Waals surface area contributed by atoms with Crippen LogP contribution in [0.3, 0.4) is 0 Å². The maximum Gasteiger partial charge on any atom is 0.0981 e. The van der Waals surface area contributed by atoms with E-state index < -0.39 is 0 Å². The van der Waals surface area contributed by atoms with E-state index in [-0.39, 0.29) is 0 Å². The van der Waals surface area contributed by atoms with E-state index in [9.17, 15) is 0 Å². The summed E-state index contributed by atoms with van der Waals surface area (Å²) in [6.07, 6.45) is 3.66. The molecule has 0 saturated heterocycles. The lowest BCUT2D eigenvalue weighted by Gasteiger charge is -1.93. The molecule has 2 nitrogen and oxygen atoms in total. The van der Waals surface area contributed by atoms with E-state index in [1.54, 1.807) is 6.33 Å². The zero-order chi connectivity index (χ0) is 9.10. The molecule has 0 aliphatic carbocycles. The van der Waals surface area contributed by atoms with Gasteiger partial charge in [-0.05, 0) is 0 Å². The third-order valence-electron chi connectivity index (χ3n) is 1.84. The molecular formula is C10H9ClN2. The van der Waals surface area contributed by atoms with Crippen LogP contribution in [0.4, 0.5) is 0 Å². The Morgan fingerprint density at radius 1 is 1.23 bits per heavy atom. The topological polar surface area (TPSA) is 17.8 Å². The molecule has 0 spiro atoms. The largest absolute Gasteiger partial charge is 0.323 e. The van der Waals surface area contributed by atoms with Crippen molar-refractivity contribution in [3.8, 4) is 11.3 Å². The van der Waals surface area contributed by atoms with Gasteiger partial charge in [0.2, 0.25) is 0 Å². The van der Waals surface area contributed by atoms with Crippen molar-refractivity contribution in [1.82, 2.24) is 9.55 Å². The standard InChI is InChI=1S/C10H9ClN2/c11-7-13-6-10(12-8-13)9-4-2-1-3-5-9/h1-6,8H,7H2. The van der Waals surface area contributed by atoms with Crippen molar-refractivity contribution in [1.29, 1.82) is 0 Å². The Morgan fingerprint density at radius 3 is 2.62 bits per heavy atom. The first-order valence-corrected chi connectivity index (χ1v) is 4.57. The Hall–Kier alpha value is -1.28. The molecule has 13 heavy (non-hydrogen) atoms. The molecule has 0 aliphatic heterocycles. The lowest BCUT2D eigenvalue weighted by atomic mass is 10.2. The van der Waals surface area contributed by atoms with E-state index in [4.69, 9.17) is 11.6 Å². The number of rotatable bonds is 2. The molecule has 0 atom stereocenters. The maximum absolute atomic E-state index is 5.65. The van der Waals surface area contributed by atoms with Crippen LogP contribution in [0, 0.1) is 0 Å². The number of imidazole rings is 1. The Bertz CT molecular complexity index is 381. The highest BCUT2D eigenvalue weighted by Crippen LogP contribution is 2.15. The number of halogens is 1. The fraction of sp³-hybridized carbons (Fsp3) is 0.100. The predicted molar refractivity (Wildman–Crippen MR) is 53.5 cm³/mol. The van der Waals surface area contributed by atoms with Gasteiger partial charge in [0.05, 0.1) is 18.0 Å². The first-order chi connectivity index (χ1) is 6.40. The summed E-state index contributed by atoms with van der Waals surface area (Å²) >= 11 is 5.65. The van der Waals surface area contributed by atoms with Crippen LogP contribution in [0.15, 0.2) is 42.9 Å². The summed E-state index contributed by atoms with van der Waals surface area (Å²) in [7, 11) is 0. The minimum absolute atomic E-state index is 0.444. The highest BCUT2D eigenvalue weighted by molar-refractivity contribution is 6.15. The molecule has 0 amide bonds. The van der Waals surface area contributed by atoms with Crippen molar-refractivity contribution in [2.45, 2.75) is 6.00 Å². The van der Waals surface area contributed by atoms with E-state index in [1.807, 2.05) is 41.1 Å². The van der Waals surface area contributed by atoms with Gasteiger partial charge in [0.15, 0.2) is 0 Å². The summed E-state index contributed by atoms with van der Waals surface area (Å²) in [5.74, 6) is 0. The average molecular weight is 193 g/mol. The number of hydrogen-bond acceptors (Lipinski definition) is 1. The van der Waals surface area contributed by atoms with Crippen molar-refractivity contribution < 1.29 is 0 Å². The van der Waals surface area contributed by atoms with Crippen molar-refractivity contribution in [3.63, 3.8) is 0 Å². The molecule has 0 saturated carbocycles. The Morgan fingerprint density at radius 2 is 2.00 bits per heavy atom. The van der Waals surface area contributed by atoms with Crippen LogP contribution in [-0.4, -0.2) is 9.55 Å². The van der Waals surface area contributed by atoms with E-state index in [0.717, 1.165) is 11.3 Å². The van der Waals surface area contributed by atoms with Gasteiger partial charge in [0.1, 0.15) is 0 Å². The SMILES string of the molecule is ClCn1cnc(-c2ccccc2)c1. The third kappa shape index (κ3) is 1.73. The molecular weight excluding hydrogens is 184 g/mol. The fourth-order valence-electron chi connectivity index (χ4n) is 1.18. The number of benzene rings is 1. The van der Waals surface area contributed by atoms with Crippen molar-refractivity contribution >= 4 is 11.6 Å². The normalized spacial score (nSPS) is 10.2. The minimum Gasteiger partial charge on any atom is -0.323 e. The highest BCUT2D eigenvalue weighted by Gasteiger charge is 1.99. The number of nitrogens with zero attached hydrogens (tertiary/aromatic N) is 2. The molecule has 0 N–H and O–H groups in total. The van der Waals surface area contributed by atoms with Gasteiger partial charge in [-0.1, -0.05) is 30.3 Å². The van der Waals surface area contributed by atoms with Crippen LogP contribution in [0.1, 0.15) is 0 Å². The smallest absolute Gasteiger partial charge is 0.0981 e. The van der Waals surface area contributed by atoms with Crippen LogP contribution < -0.4 is 0 Å². The van der Waals surface area contributed by atoms with E-state index in [1.165, 1.54) is 0 Å². The zero-order valence-electron chi connectivity index (χ0n) is 7.02. The van der Waals surface area contributed by atoms with Crippen molar-refractivity contribution in [2.75, 3.05) is 0 Å². The van der Waals surface area contributed by atoms with Crippen LogP contribution in [-0.2, 0) is 6.00 Å². The van der Waals surface area contributed by atoms with E-state index in [2.05, 4.69) is 4.98 Å². The Balaban J connectivity index is 2.36. The molecule has 3 heteroatoms. The quantitative estimate of drug-likeness (QED) is 0.669. The van der Waals surface area contributed by atoms with Gasteiger partial charge in [-0.15, -0.1) is 11.6 Å². The van der Waals surface area contributed by atoms with Gasteiger partial charge in [-0.3, -0.25) is 0 Å². The van der Waals surface area contributed by atoms with Gasteiger partial charge >= 0.3 is 0 Å². The predicted octanol–water partition coefficient (Wildman–Crippen LogP) is 2.75. The van der Waals surface area contributed by atoms with Crippen molar-refractivity contribution in [2.24, 2.45) is 0 Å². The van der Waals surface area contributed by atoms with E-state index in [0.29, 0.717) is 6.00 Å². The number of alkyl halides is 1. The van der Waals surface area contributed by atoms with Crippen LogP contribution in [0.25, 0.3) is 11.3 Å². The van der Waals surface area contributed by atoms with Gasteiger partial charge in [0, 0.05) is 11.8 Å². The van der Waals surface area contributed by atoms with Crippen LogP contribution in [0.5, 0.6) is 0 Å². The molecule has 1 aromatic heterocycles. The lowest BCUT2D eigenvalue weighted by molar-refractivity contribution is 0.881. The third-order valence-corrected chi connectivity index (χ3v) is 2.12. The molecule has 0 bridgehead atoms. The minimum atomic E-state index is 0.444. The number of hydrogen-bond donors (Lipinski definition) is 0. The second kappa shape index (κ2) is 3.62. The molecule has 2 aromatic rings. The summed E-state index contributed by atoms with van der Waals surface area (Å²) in [5.41, 5.74) is 2.08. The van der Waals surface area contributed by atoms with Gasteiger partial charge in [-0.2, -0.15) is 0 Å². The van der Waals surface area contributed by atoms with Gasteiger partial charge < -0.3 is 4.57 Å². The van der Waals surface area contributed by atoms with Crippen LogP contribution >= 0.6 is 11.6 Å². The lowest BCUT2D eigenvalue weighted by Crippen LogP contribution is -1.83. The summed E-state index contributed by atoms with van der Waals surface area (Å²) in [6, 6.07) is 10.5. The Kier molecular flexibility index (Phi) is 2.32. The fourth-order valence-corrected chi connectivity index (χ4v) is 1.31. The maximum atomic E-state index is 5.65. The Labute approximate surface area is 81.8 Å². The summed E-state index contributed by atoms with van der Waals surface area (Å²) < 4.78 is 1.84. The second-order valence-electron chi connectivity index (χ2n) is 2.76. The summed E-state index contributed by atoms with van der Waals surface area (Å²) in [6.45, 7) is 0. The molecule has 0 aliphatic rings. The highest BCUT2D eigenvalue weighted by atomic mass is 35.5. The van der Waals surface area contributed by atoms with Gasteiger partial charge in [-0.25, -0.2) is 4.98 Å². The molecule has 0 fully saturated rings. The summed E-state index contributed by atoms with van der Waals surface area (Å²) in [4.78, 5) is 4.24. The molecule has 66 valence electrons. The molecule has 2 rings (SSSR count). The first-order valence-electron chi connectivity index (χ1n) is 4.03. The number of aromatic nitrogens is 2. The molecule has 1 heterocycles. The average Bonchev–Trinajstić information content (AvgIpc) is 2.67. The first kappa shape index (κ1) is 8.32. The van der Waals surface area contributed by atoms with Crippen molar-refractivity contribution in [3.05, 3.63) is 42.9 Å². The second-order valence-corrected chi connectivity index (χ2v) is 3.00. The molecule has 0 radical (unpaired) electrons. The zero-order valence-corrected chi connectivity index (χ0v) is 7.78. The van der Waals surface area contributed by atoms with Gasteiger partial charge in [0.25, 0.3) is 0 Å².